The van der Waals surface area contributed by atoms with Gasteiger partial charge in [0, 0.05) is 13.1 Å². The number of rotatable bonds is 5. The van der Waals surface area contributed by atoms with Crippen LogP contribution in [0.5, 0.6) is 0 Å². The molecule has 2 N–H and O–H groups in total. The molecule has 1 fully saturated rings. The van der Waals surface area contributed by atoms with E-state index in [1.165, 1.54) is 6.20 Å². The lowest BCUT2D eigenvalue weighted by Gasteiger charge is -2.22. The lowest BCUT2D eigenvalue weighted by Crippen LogP contribution is -2.40. The van der Waals surface area contributed by atoms with E-state index < -0.39 is 11.6 Å². The van der Waals surface area contributed by atoms with Gasteiger partial charge in [-0.3, -0.25) is 9.59 Å². The van der Waals surface area contributed by atoms with Crippen molar-refractivity contribution in [2.24, 2.45) is 0 Å². The lowest BCUT2D eigenvalue weighted by molar-refractivity contribution is -0.130. The van der Waals surface area contributed by atoms with E-state index in [2.05, 4.69) is 10.4 Å². The molecule has 7 nitrogen and oxygen atoms in total. The molecule has 0 spiro atoms. The zero-order chi connectivity index (χ0) is 15.4. The van der Waals surface area contributed by atoms with Crippen molar-refractivity contribution in [1.82, 2.24) is 14.7 Å². The van der Waals surface area contributed by atoms with E-state index in [1.54, 1.807) is 11.8 Å². The van der Waals surface area contributed by atoms with Gasteiger partial charge in [0.2, 0.25) is 5.91 Å². The fraction of sp³-hybridized carbons (Fsp3) is 0.615. The van der Waals surface area contributed by atoms with Crippen LogP contribution >= 0.6 is 11.6 Å². The quantitative estimate of drug-likeness (QED) is 0.817. The second kappa shape index (κ2) is 6.91. The standard InChI is InChI=1S/C13H19ClN4O3/c1-9(12(20)17-4-2-3-5-17)16-10-8-15-18(6-7-19)13(21)11(10)14/h8-9,16,19H,2-7H2,1H3. The average Bonchev–Trinajstić information content (AvgIpc) is 3.00. The maximum Gasteiger partial charge on any atom is 0.287 e. The van der Waals surface area contributed by atoms with Gasteiger partial charge in [-0.1, -0.05) is 11.6 Å². The number of hydrogen-bond acceptors (Lipinski definition) is 5. The fourth-order valence-corrected chi connectivity index (χ4v) is 2.53. The molecule has 1 atom stereocenters. The summed E-state index contributed by atoms with van der Waals surface area (Å²) in [5, 5.41) is 15.7. The molecule has 21 heavy (non-hydrogen) atoms. The van der Waals surface area contributed by atoms with Crippen LogP contribution in [0.2, 0.25) is 5.02 Å². The number of nitrogens with zero attached hydrogens (tertiary/aromatic N) is 3. The Balaban J connectivity index is 2.10. The number of carbonyl (C=O) groups is 1. The SMILES string of the molecule is CC(Nc1cnn(CCO)c(=O)c1Cl)C(=O)N1CCCC1. The van der Waals surface area contributed by atoms with Crippen LogP contribution < -0.4 is 10.9 Å². The smallest absolute Gasteiger partial charge is 0.287 e. The first kappa shape index (κ1) is 15.8. The van der Waals surface area contributed by atoms with Crippen molar-refractivity contribution in [3.8, 4) is 0 Å². The summed E-state index contributed by atoms with van der Waals surface area (Å²) in [5.74, 6) is -0.0110. The number of halogens is 1. The molecule has 0 bridgehead atoms. The van der Waals surface area contributed by atoms with Gasteiger partial charge in [-0.15, -0.1) is 0 Å². The van der Waals surface area contributed by atoms with Crippen LogP contribution in [0.4, 0.5) is 5.69 Å². The van der Waals surface area contributed by atoms with Crippen molar-refractivity contribution in [3.63, 3.8) is 0 Å². The molecule has 1 aromatic heterocycles. The monoisotopic (exact) mass is 314 g/mol. The van der Waals surface area contributed by atoms with E-state index >= 15 is 0 Å². The average molecular weight is 315 g/mol. The molecular formula is C13H19ClN4O3. The summed E-state index contributed by atoms with van der Waals surface area (Å²) in [6.45, 7) is 3.17. The van der Waals surface area contributed by atoms with Crippen LogP contribution in [0.1, 0.15) is 19.8 Å². The fourth-order valence-electron chi connectivity index (χ4n) is 2.33. The molecular weight excluding hydrogens is 296 g/mol. The molecule has 8 heteroatoms. The van der Waals surface area contributed by atoms with Crippen LogP contribution in [-0.2, 0) is 11.3 Å². The summed E-state index contributed by atoms with van der Waals surface area (Å²) in [6, 6.07) is -0.476. The summed E-state index contributed by atoms with van der Waals surface area (Å²) in [5.41, 5.74) is -0.160. The summed E-state index contributed by atoms with van der Waals surface area (Å²) in [7, 11) is 0. The normalized spacial score (nSPS) is 16.0. The van der Waals surface area contributed by atoms with E-state index in [0.717, 1.165) is 30.6 Å². The Labute approximate surface area is 127 Å². The number of anilines is 1. The molecule has 2 heterocycles. The van der Waals surface area contributed by atoms with Crippen molar-refractivity contribution in [2.45, 2.75) is 32.4 Å². The third-order valence-electron chi connectivity index (χ3n) is 3.46. The van der Waals surface area contributed by atoms with Crippen molar-refractivity contribution >= 4 is 23.2 Å². The Bertz CT molecular complexity index is 569. The Morgan fingerprint density at radius 3 is 2.81 bits per heavy atom. The maximum absolute atomic E-state index is 12.2. The first-order valence-corrected chi connectivity index (χ1v) is 7.34. The number of amides is 1. The van der Waals surface area contributed by atoms with Gasteiger partial charge in [0.1, 0.15) is 11.1 Å². The second-order valence-electron chi connectivity index (χ2n) is 5.02. The number of aliphatic hydroxyl groups excluding tert-OH is 1. The molecule has 0 aromatic carbocycles. The minimum atomic E-state index is -0.489. The number of aromatic nitrogens is 2. The zero-order valence-electron chi connectivity index (χ0n) is 11.9. The molecule has 1 aromatic rings. The molecule has 2 rings (SSSR count). The minimum absolute atomic E-state index is 0.0110. The number of nitrogens with one attached hydrogen (secondary N) is 1. The Morgan fingerprint density at radius 2 is 2.19 bits per heavy atom. The zero-order valence-corrected chi connectivity index (χ0v) is 12.6. The van der Waals surface area contributed by atoms with Gasteiger partial charge in [0.05, 0.1) is 25.0 Å². The Kier molecular flexibility index (Phi) is 5.19. The van der Waals surface area contributed by atoms with Gasteiger partial charge in [-0.2, -0.15) is 5.10 Å². The molecule has 1 unspecified atom stereocenters. The van der Waals surface area contributed by atoms with Crippen molar-refractivity contribution in [3.05, 3.63) is 21.6 Å². The highest BCUT2D eigenvalue weighted by molar-refractivity contribution is 6.33. The highest BCUT2D eigenvalue weighted by atomic mass is 35.5. The highest BCUT2D eigenvalue weighted by Crippen LogP contribution is 2.18. The molecule has 0 radical (unpaired) electrons. The van der Waals surface area contributed by atoms with Gasteiger partial charge in [-0.05, 0) is 19.8 Å². The van der Waals surface area contributed by atoms with E-state index in [4.69, 9.17) is 16.7 Å². The number of hydrogen-bond donors (Lipinski definition) is 2. The molecule has 1 aliphatic heterocycles. The second-order valence-corrected chi connectivity index (χ2v) is 5.40. The van der Waals surface area contributed by atoms with E-state index in [0.29, 0.717) is 5.69 Å². The van der Waals surface area contributed by atoms with Crippen molar-refractivity contribution in [2.75, 3.05) is 25.0 Å². The maximum atomic E-state index is 12.2. The molecule has 1 amide bonds. The first-order valence-electron chi connectivity index (χ1n) is 6.96. The molecule has 116 valence electrons. The predicted molar refractivity (Wildman–Crippen MR) is 79.5 cm³/mol. The summed E-state index contributed by atoms with van der Waals surface area (Å²) < 4.78 is 1.08. The van der Waals surface area contributed by atoms with Crippen LogP contribution in [0.3, 0.4) is 0 Å². The predicted octanol–water partition coefficient (Wildman–Crippen LogP) is 0.312. The third-order valence-corrected chi connectivity index (χ3v) is 3.82. The molecule has 1 aliphatic rings. The minimum Gasteiger partial charge on any atom is -0.394 e. The summed E-state index contributed by atoms with van der Waals surface area (Å²) in [6.07, 6.45) is 3.45. The largest absolute Gasteiger partial charge is 0.394 e. The Hall–Kier alpha value is -1.60. The van der Waals surface area contributed by atoms with Crippen molar-refractivity contribution in [1.29, 1.82) is 0 Å². The third kappa shape index (κ3) is 3.54. The van der Waals surface area contributed by atoms with Crippen molar-refractivity contribution < 1.29 is 9.90 Å². The lowest BCUT2D eigenvalue weighted by atomic mass is 10.2. The van der Waals surface area contributed by atoms with Crippen LogP contribution in [0.15, 0.2) is 11.0 Å². The van der Waals surface area contributed by atoms with Crippen LogP contribution in [-0.4, -0.2) is 51.4 Å². The topological polar surface area (TPSA) is 87.5 Å². The van der Waals surface area contributed by atoms with E-state index in [-0.39, 0.29) is 24.1 Å². The van der Waals surface area contributed by atoms with Gasteiger partial charge in [0.25, 0.3) is 5.56 Å². The van der Waals surface area contributed by atoms with Crippen LogP contribution in [0, 0.1) is 0 Å². The summed E-state index contributed by atoms with van der Waals surface area (Å²) >= 11 is 6.00. The number of carbonyl (C=O) groups excluding carboxylic acids is 1. The van der Waals surface area contributed by atoms with Gasteiger partial charge >= 0.3 is 0 Å². The van der Waals surface area contributed by atoms with Crippen LogP contribution in [0.25, 0.3) is 0 Å². The summed E-state index contributed by atoms with van der Waals surface area (Å²) in [4.78, 5) is 25.9. The first-order chi connectivity index (χ1) is 10.0. The Morgan fingerprint density at radius 1 is 1.52 bits per heavy atom. The van der Waals surface area contributed by atoms with Gasteiger partial charge in [0.15, 0.2) is 0 Å². The molecule has 0 saturated carbocycles. The molecule has 1 saturated heterocycles. The van der Waals surface area contributed by atoms with Gasteiger partial charge in [-0.25, -0.2) is 4.68 Å². The van der Waals surface area contributed by atoms with Gasteiger partial charge < -0.3 is 15.3 Å². The number of aliphatic hydroxyl groups is 1. The molecule has 0 aliphatic carbocycles. The van der Waals surface area contributed by atoms with E-state index in [9.17, 15) is 9.59 Å². The highest BCUT2D eigenvalue weighted by Gasteiger charge is 2.24. The number of likely N-dealkylation sites (tertiary alicyclic amines) is 1. The van der Waals surface area contributed by atoms with E-state index in [1.807, 2.05) is 0 Å².